The van der Waals surface area contributed by atoms with Crippen LogP contribution in [0.5, 0.6) is 5.75 Å². The lowest BCUT2D eigenvalue weighted by atomic mass is 9.82. The first-order chi connectivity index (χ1) is 9.86. The van der Waals surface area contributed by atoms with Gasteiger partial charge in [-0.1, -0.05) is 5.22 Å². The van der Waals surface area contributed by atoms with Gasteiger partial charge in [-0.15, -0.1) is 0 Å². The predicted molar refractivity (Wildman–Crippen MR) is 71.9 cm³/mol. The number of methoxy groups -OCH3 is 1. The van der Waals surface area contributed by atoms with Crippen LogP contribution in [-0.4, -0.2) is 31.3 Å². The number of fused-ring (bicyclic) bond motifs is 8. The van der Waals surface area contributed by atoms with E-state index in [2.05, 4.69) is 25.6 Å². The highest BCUT2D eigenvalue weighted by atomic mass is 16.5. The van der Waals surface area contributed by atoms with E-state index in [1.165, 1.54) is 6.42 Å². The van der Waals surface area contributed by atoms with Gasteiger partial charge in [0.25, 0.3) is 0 Å². The van der Waals surface area contributed by atoms with Gasteiger partial charge in [-0.3, -0.25) is 0 Å². The number of ether oxygens (including phenoxy) is 1. The molecule has 2 aliphatic heterocycles. The summed E-state index contributed by atoms with van der Waals surface area (Å²) < 4.78 is 5.21. The number of benzene rings is 1. The van der Waals surface area contributed by atoms with Crippen LogP contribution in [0.3, 0.4) is 0 Å². The summed E-state index contributed by atoms with van der Waals surface area (Å²) in [5.41, 5.74) is 1.09. The first-order valence-electron chi connectivity index (χ1n) is 7.11. The maximum atomic E-state index is 5.21. The molecule has 5 rings (SSSR count). The summed E-state index contributed by atoms with van der Waals surface area (Å²) in [6, 6.07) is 9.56. The van der Waals surface area contributed by atoms with Crippen molar-refractivity contribution in [3.8, 4) is 5.75 Å². The van der Waals surface area contributed by atoms with Crippen LogP contribution in [0.25, 0.3) is 0 Å². The SMILES string of the molecule is COc1ccc(N2N=N[C@H]3[C@H]4C[C@H]([C@@H]5N=N[C@H]45)[C@H]32)cc1. The molecule has 0 spiro atoms. The molecule has 2 bridgehead atoms. The van der Waals surface area contributed by atoms with Gasteiger partial charge in [0.15, 0.2) is 0 Å². The lowest BCUT2D eigenvalue weighted by molar-refractivity contribution is 0.242. The Bertz CT molecular complexity index is 612. The van der Waals surface area contributed by atoms with Crippen LogP contribution in [-0.2, 0) is 0 Å². The molecule has 1 aromatic carbocycles. The molecule has 0 saturated heterocycles. The molecular formula is C14H15N5O. The third-order valence-electron chi connectivity index (χ3n) is 5.23. The molecule has 2 saturated carbocycles. The molecule has 6 heteroatoms. The van der Waals surface area contributed by atoms with Gasteiger partial charge in [0, 0.05) is 11.8 Å². The maximum Gasteiger partial charge on any atom is 0.119 e. The van der Waals surface area contributed by atoms with Gasteiger partial charge in [-0.2, -0.15) is 15.3 Å². The summed E-state index contributed by atoms with van der Waals surface area (Å²) in [6.07, 6.45) is 1.20. The van der Waals surface area contributed by atoms with Gasteiger partial charge in [0.05, 0.1) is 18.8 Å². The average Bonchev–Trinajstić information content (AvgIpc) is 3.07. The second-order valence-corrected chi connectivity index (χ2v) is 6.00. The highest BCUT2D eigenvalue weighted by Gasteiger charge is 2.65. The smallest absolute Gasteiger partial charge is 0.119 e. The van der Waals surface area contributed by atoms with Crippen LogP contribution in [0.15, 0.2) is 44.8 Å². The fraction of sp³-hybridized carbons (Fsp3) is 0.571. The number of anilines is 1. The van der Waals surface area contributed by atoms with Crippen LogP contribution in [0.4, 0.5) is 5.69 Å². The van der Waals surface area contributed by atoms with Crippen molar-refractivity contribution in [1.29, 1.82) is 0 Å². The van der Waals surface area contributed by atoms with Crippen LogP contribution in [0, 0.1) is 11.8 Å². The Morgan fingerprint density at radius 2 is 1.75 bits per heavy atom. The molecule has 0 N–H and O–H groups in total. The van der Waals surface area contributed by atoms with E-state index in [1.54, 1.807) is 7.11 Å². The van der Waals surface area contributed by atoms with Crippen molar-refractivity contribution < 1.29 is 4.74 Å². The minimum atomic E-state index is 0.308. The van der Waals surface area contributed by atoms with Crippen LogP contribution in [0.2, 0.25) is 0 Å². The van der Waals surface area contributed by atoms with Crippen molar-refractivity contribution in [3.63, 3.8) is 0 Å². The second-order valence-electron chi connectivity index (χ2n) is 6.00. The topological polar surface area (TPSA) is 61.9 Å². The number of hydrogen-bond donors (Lipinski definition) is 0. The number of hydrogen-bond acceptors (Lipinski definition) is 6. The monoisotopic (exact) mass is 269 g/mol. The number of azo groups is 1. The van der Waals surface area contributed by atoms with Gasteiger partial charge < -0.3 is 4.74 Å². The Morgan fingerprint density at radius 1 is 1.00 bits per heavy atom. The van der Waals surface area contributed by atoms with Crippen molar-refractivity contribution in [2.45, 2.75) is 30.6 Å². The lowest BCUT2D eigenvalue weighted by Crippen LogP contribution is -2.52. The standard InChI is InChI=1S/C14H15N5O/c1-20-8-4-2-7(3-5-8)19-14-10-6-9(13(14)17-18-19)11-12(10)16-15-11/h2-5,9-14H,6H2,1H3/t9-,10+,11+,12-,13-,14+/m0/s1. The quantitative estimate of drug-likeness (QED) is 0.828. The van der Waals surface area contributed by atoms with E-state index in [-0.39, 0.29) is 0 Å². The van der Waals surface area contributed by atoms with Crippen molar-refractivity contribution >= 4 is 5.69 Å². The van der Waals surface area contributed by atoms with Crippen LogP contribution in [0.1, 0.15) is 6.42 Å². The summed E-state index contributed by atoms with van der Waals surface area (Å²) in [4.78, 5) is 0. The average molecular weight is 269 g/mol. The molecule has 0 radical (unpaired) electrons. The fourth-order valence-corrected chi connectivity index (χ4v) is 4.29. The summed E-state index contributed by atoms with van der Waals surface area (Å²) in [7, 11) is 1.68. The molecule has 102 valence electrons. The molecule has 0 aromatic heterocycles. The summed E-state index contributed by atoms with van der Waals surface area (Å²) in [6.45, 7) is 0. The molecule has 2 aliphatic carbocycles. The van der Waals surface area contributed by atoms with E-state index in [0.717, 1.165) is 11.4 Å². The molecule has 20 heavy (non-hydrogen) atoms. The Morgan fingerprint density at radius 3 is 2.45 bits per heavy atom. The Hall–Kier alpha value is -1.98. The Labute approximate surface area is 116 Å². The summed E-state index contributed by atoms with van der Waals surface area (Å²) in [5.74, 6) is 1.98. The molecule has 2 fully saturated rings. The first-order valence-corrected chi connectivity index (χ1v) is 7.11. The maximum absolute atomic E-state index is 5.21. The Kier molecular flexibility index (Phi) is 1.92. The zero-order valence-electron chi connectivity index (χ0n) is 11.1. The molecular weight excluding hydrogens is 254 g/mol. The minimum Gasteiger partial charge on any atom is -0.497 e. The van der Waals surface area contributed by atoms with Crippen molar-refractivity contribution in [2.75, 3.05) is 12.1 Å². The van der Waals surface area contributed by atoms with Crippen molar-refractivity contribution in [2.24, 2.45) is 32.4 Å². The minimum absolute atomic E-state index is 0.308. The zero-order valence-corrected chi connectivity index (χ0v) is 11.1. The van der Waals surface area contributed by atoms with Crippen LogP contribution >= 0.6 is 0 Å². The summed E-state index contributed by atoms with van der Waals surface area (Å²) >= 11 is 0. The fourth-order valence-electron chi connectivity index (χ4n) is 4.29. The summed E-state index contributed by atoms with van der Waals surface area (Å²) in [5, 5.41) is 19.6. The molecule has 2 heterocycles. The third kappa shape index (κ3) is 1.15. The molecule has 6 atom stereocenters. The number of rotatable bonds is 2. The molecule has 1 aromatic rings. The van der Waals surface area contributed by atoms with Gasteiger partial charge >= 0.3 is 0 Å². The van der Waals surface area contributed by atoms with E-state index in [9.17, 15) is 0 Å². The predicted octanol–water partition coefficient (Wildman–Crippen LogP) is 2.47. The lowest BCUT2D eigenvalue weighted by Gasteiger charge is -2.38. The largest absolute Gasteiger partial charge is 0.497 e. The molecule has 6 nitrogen and oxygen atoms in total. The van der Waals surface area contributed by atoms with Gasteiger partial charge in [-0.25, -0.2) is 5.01 Å². The van der Waals surface area contributed by atoms with Crippen molar-refractivity contribution in [3.05, 3.63) is 24.3 Å². The molecule has 0 unspecified atom stereocenters. The Balaban J connectivity index is 1.48. The van der Waals surface area contributed by atoms with E-state index < -0.39 is 0 Å². The van der Waals surface area contributed by atoms with Gasteiger partial charge in [0.2, 0.25) is 0 Å². The molecule has 4 aliphatic rings. The first kappa shape index (κ1) is 10.8. The van der Waals surface area contributed by atoms with Crippen LogP contribution < -0.4 is 9.75 Å². The van der Waals surface area contributed by atoms with Crippen molar-refractivity contribution in [1.82, 2.24) is 0 Å². The highest BCUT2D eigenvalue weighted by molar-refractivity contribution is 5.51. The third-order valence-corrected chi connectivity index (χ3v) is 5.23. The van der Waals surface area contributed by atoms with E-state index in [4.69, 9.17) is 4.74 Å². The van der Waals surface area contributed by atoms with Gasteiger partial charge in [-0.05, 0) is 30.7 Å². The van der Waals surface area contributed by atoms with E-state index in [1.807, 2.05) is 24.3 Å². The second kappa shape index (κ2) is 3.56. The molecule has 0 amide bonds. The zero-order chi connectivity index (χ0) is 13.3. The normalized spacial score (nSPS) is 42.5. The van der Waals surface area contributed by atoms with E-state index in [0.29, 0.717) is 36.0 Å². The number of nitrogens with zero attached hydrogens (tertiary/aromatic N) is 5. The highest BCUT2D eigenvalue weighted by Crippen LogP contribution is 2.56. The van der Waals surface area contributed by atoms with Gasteiger partial charge in [0.1, 0.15) is 23.9 Å². The van der Waals surface area contributed by atoms with E-state index >= 15 is 0 Å².